The van der Waals surface area contributed by atoms with Crippen LogP contribution in [0.5, 0.6) is 0 Å². The second-order valence-electron chi connectivity index (χ2n) is 5.67. The summed E-state index contributed by atoms with van der Waals surface area (Å²) in [5, 5.41) is 4.04. The van der Waals surface area contributed by atoms with Crippen LogP contribution in [0.1, 0.15) is 19.4 Å². The molecule has 2 rings (SSSR count). The molecule has 0 amide bonds. The molecule has 5 heteroatoms. The van der Waals surface area contributed by atoms with E-state index in [1.165, 1.54) is 6.07 Å². The Kier molecular flexibility index (Phi) is 4.64. The fourth-order valence-corrected chi connectivity index (χ4v) is 2.56. The molecule has 0 aromatic heterocycles. The number of hydrogen-bond acceptors (Lipinski definition) is 2. The Hall–Kier alpha value is -1.45. The molecule has 0 bridgehead atoms. The molecule has 0 unspecified atom stereocenters. The second-order valence-corrected chi connectivity index (χ2v) is 6.49. The number of rotatable bonds is 4. The molecule has 0 spiro atoms. The van der Waals surface area contributed by atoms with E-state index in [-0.39, 0.29) is 10.6 Å². The molecule has 0 saturated carbocycles. The van der Waals surface area contributed by atoms with Gasteiger partial charge in [-0.05, 0) is 56.2 Å². The number of nitrogens with one attached hydrogen (secondary N) is 1. The van der Waals surface area contributed by atoms with Crippen molar-refractivity contribution in [1.82, 2.24) is 0 Å². The lowest BCUT2D eigenvalue weighted by Crippen LogP contribution is -2.33. The van der Waals surface area contributed by atoms with Gasteiger partial charge in [-0.15, -0.1) is 0 Å². The molecule has 0 saturated heterocycles. The fraction of sp³-hybridized carbons (Fsp3) is 0.250. The van der Waals surface area contributed by atoms with Gasteiger partial charge in [-0.1, -0.05) is 29.3 Å². The van der Waals surface area contributed by atoms with Gasteiger partial charge in [-0.25, -0.2) is 4.39 Å². The van der Waals surface area contributed by atoms with Gasteiger partial charge in [-0.3, -0.25) is 0 Å². The minimum absolute atomic E-state index is 0.131. The van der Waals surface area contributed by atoms with Gasteiger partial charge < -0.3 is 11.1 Å². The van der Waals surface area contributed by atoms with Crippen LogP contribution >= 0.6 is 23.2 Å². The summed E-state index contributed by atoms with van der Waals surface area (Å²) in [6.07, 6.45) is 0.627. The van der Waals surface area contributed by atoms with E-state index in [1.807, 2.05) is 26.0 Å². The zero-order valence-electron chi connectivity index (χ0n) is 11.9. The Bertz CT molecular complexity index is 657. The molecule has 0 radical (unpaired) electrons. The molecule has 3 N–H and O–H groups in total. The minimum atomic E-state index is -0.407. The van der Waals surface area contributed by atoms with Crippen molar-refractivity contribution in [3.05, 3.63) is 57.8 Å². The maximum absolute atomic E-state index is 13.5. The Balaban J connectivity index is 2.15. The molecular formula is C16H17Cl2FN2. The summed E-state index contributed by atoms with van der Waals surface area (Å²) in [7, 11) is 0. The van der Waals surface area contributed by atoms with Crippen molar-refractivity contribution < 1.29 is 4.39 Å². The smallest absolute Gasteiger partial charge is 0.142 e. The van der Waals surface area contributed by atoms with Crippen molar-refractivity contribution in [2.45, 2.75) is 25.8 Å². The molecule has 112 valence electrons. The van der Waals surface area contributed by atoms with Crippen LogP contribution < -0.4 is 11.1 Å². The lowest BCUT2D eigenvalue weighted by Gasteiger charge is -2.28. The molecule has 21 heavy (non-hydrogen) atoms. The van der Waals surface area contributed by atoms with Crippen molar-refractivity contribution in [3.8, 4) is 0 Å². The first-order valence-electron chi connectivity index (χ1n) is 6.54. The van der Waals surface area contributed by atoms with E-state index in [4.69, 9.17) is 28.9 Å². The van der Waals surface area contributed by atoms with Crippen molar-refractivity contribution >= 4 is 34.6 Å². The van der Waals surface area contributed by atoms with Crippen LogP contribution in [-0.4, -0.2) is 5.54 Å². The number of benzene rings is 2. The summed E-state index contributed by atoms with van der Waals surface area (Å²) in [6.45, 7) is 4.04. The summed E-state index contributed by atoms with van der Waals surface area (Å²) >= 11 is 11.9. The third-order valence-corrected chi connectivity index (χ3v) is 3.72. The van der Waals surface area contributed by atoms with Crippen molar-refractivity contribution in [1.29, 1.82) is 0 Å². The molecular weight excluding hydrogens is 310 g/mol. The number of anilines is 2. The van der Waals surface area contributed by atoms with Crippen LogP contribution in [0.2, 0.25) is 10.0 Å². The van der Waals surface area contributed by atoms with Gasteiger partial charge in [0.2, 0.25) is 0 Å². The Morgan fingerprint density at radius 2 is 1.81 bits per heavy atom. The SMILES string of the molecule is CC(C)(Cc1ccc(Cl)c(F)c1)Nc1ccc(N)cc1Cl. The lowest BCUT2D eigenvalue weighted by molar-refractivity contribution is 0.559. The summed E-state index contributed by atoms with van der Waals surface area (Å²) < 4.78 is 13.5. The number of nitrogens with two attached hydrogens (primary N) is 1. The first-order chi connectivity index (χ1) is 9.77. The van der Waals surface area contributed by atoms with E-state index < -0.39 is 5.82 Å². The van der Waals surface area contributed by atoms with Gasteiger partial charge in [0.1, 0.15) is 5.82 Å². The van der Waals surface area contributed by atoms with E-state index in [0.717, 1.165) is 11.3 Å². The molecule has 0 atom stereocenters. The normalized spacial score (nSPS) is 11.5. The third kappa shape index (κ3) is 4.26. The van der Waals surface area contributed by atoms with Crippen LogP contribution in [0.25, 0.3) is 0 Å². The molecule has 2 nitrogen and oxygen atoms in total. The highest BCUT2D eigenvalue weighted by atomic mass is 35.5. The van der Waals surface area contributed by atoms with Gasteiger partial charge in [0.25, 0.3) is 0 Å². The van der Waals surface area contributed by atoms with E-state index in [2.05, 4.69) is 5.32 Å². The fourth-order valence-electron chi connectivity index (χ4n) is 2.20. The number of hydrogen-bond donors (Lipinski definition) is 2. The highest BCUT2D eigenvalue weighted by Gasteiger charge is 2.20. The van der Waals surface area contributed by atoms with Crippen molar-refractivity contribution in [3.63, 3.8) is 0 Å². The summed E-state index contributed by atoms with van der Waals surface area (Å²) in [5.41, 5.74) is 7.65. The Morgan fingerprint density at radius 3 is 2.43 bits per heavy atom. The molecule has 0 aliphatic carbocycles. The van der Waals surface area contributed by atoms with Crippen LogP contribution in [-0.2, 0) is 6.42 Å². The zero-order chi connectivity index (χ0) is 15.6. The maximum Gasteiger partial charge on any atom is 0.142 e. The van der Waals surface area contributed by atoms with Crippen LogP contribution in [0.4, 0.5) is 15.8 Å². The van der Waals surface area contributed by atoms with Crippen LogP contribution in [0.3, 0.4) is 0 Å². The molecule has 0 aliphatic heterocycles. The van der Waals surface area contributed by atoms with E-state index in [9.17, 15) is 4.39 Å². The predicted octanol–water partition coefficient (Wildman–Crippen LogP) is 5.15. The first kappa shape index (κ1) is 15.9. The standard InChI is InChI=1S/C16H17Cl2FN2/c1-16(2,9-10-3-5-12(17)14(19)7-10)21-15-6-4-11(20)8-13(15)18/h3-8,21H,9,20H2,1-2H3. The van der Waals surface area contributed by atoms with Crippen molar-refractivity contribution in [2.75, 3.05) is 11.1 Å². The monoisotopic (exact) mass is 326 g/mol. The molecule has 0 heterocycles. The topological polar surface area (TPSA) is 38.0 Å². The highest BCUT2D eigenvalue weighted by Crippen LogP contribution is 2.28. The van der Waals surface area contributed by atoms with Crippen molar-refractivity contribution in [2.24, 2.45) is 0 Å². The number of halogens is 3. The molecule has 0 aliphatic rings. The summed E-state index contributed by atoms with van der Waals surface area (Å²) in [4.78, 5) is 0. The molecule has 2 aromatic carbocycles. The highest BCUT2D eigenvalue weighted by molar-refractivity contribution is 6.33. The Morgan fingerprint density at radius 1 is 1.10 bits per heavy atom. The first-order valence-corrected chi connectivity index (χ1v) is 7.29. The van der Waals surface area contributed by atoms with Crippen LogP contribution in [0, 0.1) is 5.82 Å². The average Bonchev–Trinajstić information content (AvgIpc) is 2.37. The zero-order valence-corrected chi connectivity index (χ0v) is 13.4. The van der Waals surface area contributed by atoms with E-state index in [1.54, 1.807) is 18.2 Å². The van der Waals surface area contributed by atoms with Gasteiger partial charge in [0.15, 0.2) is 0 Å². The average molecular weight is 327 g/mol. The van der Waals surface area contributed by atoms with E-state index in [0.29, 0.717) is 17.1 Å². The predicted molar refractivity (Wildman–Crippen MR) is 88.7 cm³/mol. The van der Waals surface area contributed by atoms with Gasteiger partial charge in [0, 0.05) is 11.2 Å². The Labute approximate surface area is 134 Å². The molecule has 0 fully saturated rings. The minimum Gasteiger partial charge on any atom is -0.399 e. The van der Waals surface area contributed by atoms with E-state index >= 15 is 0 Å². The summed E-state index contributed by atoms with van der Waals surface area (Å²) in [6, 6.07) is 10.2. The summed E-state index contributed by atoms with van der Waals surface area (Å²) in [5.74, 6) is -0.407. The van der Waals surface area contributed by atoms with Gasteiger partial charge >= 0.3 is 0 Å². The van der Waals surface area contributed by atoms with Crippen LogP contribution in [0.15, 0.2) is 36.4 Å². The quantitative estimate of drug-likeness (QED) is 0.762. The second kappa shape index (κ2) is 6.12. The van der Waals surface area contributed by atoms with Gasteiger partial charge in [0.05, 0.1) is 15.7 Å². The number of nitrogen functional groups attached to an aromatic ring is 1. The maximum atomic E-state index is 13.5. The third-order valence-electron chi connectivity index (χ3n) is 3.10. The largest absolute Gasteiger partial charge is 0.399 e. The van der Waals surface area contributed by atoms with Gasteiger partial charge in [-0.2, -0.15) is 0 Å². The molecule has 2 aromatic rings. The lowest BCUT2D eigenvalue weighted by atomic mass is 9.94.